The standard InChI is InChI=1S/C28H30N6O2S/c1-31-24-10-4-2-8-22(24)26(35)33(28(31)37)17-16-32-14-12-20(13-15-32)29-27-30-23-9-3-5-11-25(23)34(27)19-21-7-6-18-36-21/h2-11,18,20H,12-17,19H2,1H3,(H,29,30). The number of aromatic nitrogens is 4. The predicted molar refractivity (Wildman–Crippen MR) is 149 cm³/mol. The molecule has 0 aliphatic carbocycles. The van der Waals surface area contributed by atoms with Gasteiger partial charge in [0.15, 0.2) is 4.77 Å². The fraction of sp³-hybridized carbons (Fsp3) is 0.321. The summed E-state index contributed by atoms with van der Waals surface area (Å²) in [6.45, 7) is 3.93. The molecule has 9 heteroatoms. The Morgan fingerprint density at radius 3 is 2.51 bits per heavy atom. The average molecular weight is 515 g/mol. The van der Waals surface area contributed by atoms with Gasteiger partial charge in [-0.25, -0.2) is 4.98 Å². The Hall–Kier alpha value is -3.69. The van der Waals surface area contributed by atoms with Gasteiger partial charge in [-0.05, 0) is 61.5 Å². The molecule has 2 aromatic carbocycles. The fourth-order valence-electron chi connectivity index (χ4n) is 5.29. The lowest BCUT2D eigenvalue weighted by Crippen LogP contribution is -2.41. The molecule has 3 aromatic heterocycles. The molecule has 0 radical (unpaired) electrons. The molecule has 6 rings (SSSR count). The van der Waals surface area contributed by atoms with Crippen LogP contribution in [0.15, 0.2) is 76.1 Å². The van der Waals surface area contributed by atoms with Gasteiger partial charge in [-0.1, -0.05) is 24.3 Å². The Bertz CT molecular complexity index is 1660. The minimum atomic E-state index is -0.00860. The van der Waals surface area contributed by atoms with E-state index >= 15 is 0 Å². The number of para-hydroxylation sites is 3. The number of hydrogen-bond donors (Lipinski definition) is 1. The molecule has 1 aliphatic heterocycles. The highest BCUT2D eigenvalue weighted by molar-refractivity contribution is 7.71. The van der Waals surface area contributed by atoms with Crippen molar-refractivity contribution in [1.82, 2.24) is 23.6 Å². The third-order valence-corrected chi connectivity index (χ3v) is 7.86. The molecule has 4 heterocycles. The SMILES string of the molecule is Cn1c(=S)n(CCN2CCC(Nc3nc4ccccc4n3Cc3ccco3)CC2)c(=O)c2ccccc21. The Labute approximate surface area is 219 Å². The lowest BCUT2D eigenvalue weighted by molar-refractivity contribution is 0.210. The van der Waals surface area contributed by atoms with Crippen LogP contribution in [0.25, 0.3) is 21.9 Å². The Balaban J connectivity index is 1.12. The maximum Gasteiger partial charge on any atom is 0.262 e. The molecule has 190 valence electrons. The lowest BCUT2D eigenvalue weighted by Gasteiger charge is -2.32. The third-order valence-electron chi connectivity index (χ3n) is 7.37. The zero-order chi connectivity index (χ0) is 25.4. The Morgan fingerprint density at radius 1 is 0.973 bits per heavy atom. The van der Waals surface area contributed by atoms with Gasteiger partial charge in [0.2, 0.25) is 5.95 Å². The molecule has 1 saturated heterocycles. The first-order valence-electron chi connectivity index (χ1n) is 12.7. The molecule has 0 atom stereocenters. The molecule has 1 aliphatic rings. The Morgan fingerprint density at radius 2 is 1.73 bits per heavy atom. The number of furan rings is 1. The Kier molecular flexibility index (Phi) is 6.40. The van der Waals surface area contributed by atoms with Gasteiger partial charge in [0, 0.05) is 39.3 Å². The van der Waals surface area contributed by atoms with Gasteiger partial charge in [-0.2, -0.15) is 0 Å². The summed E-state index contributed by atoms with van der Waals surface area (Å²) in [7, 11) is 1.93. The van der Waals surface area contributed by atoms with Crippen LogP contribution in [-0.4, -0.2) is 49.3 Å². The van der Waals surface area contributed by atoms with Crippen LogP contribution in [0.2, 0.25) is 0 Å². The van der Waals surface area contributed by atoms with Gasteiger partial charge < -0.3 is 23.8 Å². The van der Waals surface area contributed by atoms with Crippen molar-refractivity contribution in [3.63, 3.8) is 0 Å². The van der Waals surface area contributed by atoms with Crippen molar-refractivity contribution < 1.29 is 4.42 Å². The molecule has 1 N–H and O–H groups in total. The van der Waals surface area contributed by atoms with Gasteiger partial charge in [0.25, 0.3) is 5.56 Å². The van der Waals surface area contributed by atoms with Crippen molar-refractivity contribution in [3.05, 3.63) is 87.8 Å². The molecule has 0 spiro atoms. The zero-order valence-corrected chi connectivity index (χ0v) is 21.7. The number of aryl methyl sites for hydroxylation is 1. The van der Waals surface area contributed by atoms with E-state index in [1.54, 1.807) is 10.8 Å². The number of likely N-dealkylation sites (tertiary alicyclic amines) is 1. The normalized spacial score (nSPS) is 15.1. The maximum absolute atomic E-state index is 13.1. The molecule has 0 bridgehead atoms. The van der Waals surface area contributed by atoms with Crippen LogP contribution < -0.4 is 10.9 Å². The van der Waals surface area contributed by atoms with Crippen LogP contribution in [0.3, 0.4) is 0 Å². The monoisotopic (exact) mass is 514 g/mol. The summed E-state index contributed by atoms with van der Waals surface area (Å²) in [5, 5.41) is 4.41. The van der Waals surface area contributed by atoms with Gasteiger partial charge in [-0.3, -0.25) is 9.36 Å². The van der Waals surface area contributed by atoms with Crippen LogP contribution >= 0.6 is 12.2 Å². The maximum atomic E-state index is 13.1. The first-order chi connectivity index (χ1) is 18.1. The third kappa shape index (κ3) is 4.60. The first-order valence-corrected chi connectivity index (χ1v) is 13.1. The van der Waals surface area contributed by atoms with E-state index in [1.165, 1.54) is 0 Å². The first kappa shape index (κ1) is 23.7. The summed E-state index contributed by atoms with van der Waals surface area (Å²) < 4.78 is 12.0. The van der Waals surface area contributed by atoms with Crippen molar-refractivity contribution in [1.29, 1.82) is 0 Å². The zero-order valence-electron chi connectivity index (χ0n) is 20.8. The fourth-order valence-corrected chi connectivity index (χ4v) is 5.56. The minimum absolute atomic E-state index is 0.00860. The summed E-state index contributed by atoms with van der Waals surface area (Å²) in [4.78, 5) is 20.4. The second-order valence-corrected chi connectivity index (χ2v) is 10.0. The quantitative estimate of drug-likeness (QED) is 0.319. The lowest BCUT2D eigenvalue weighted by atomic mass is 10.1. The van der Waals surface area contributed by atoms with E-state index < -0.39 is 0 Å². The second-order valence-electron chi connectivity index (χ2n) is 9.67. The highest BCUT2D eigenvalue weighted by Crippen LogP contribution is 2.24. The number of nitrogens with zero attached hydrogens (tertiary/aromatic N) is 5. The molecule has 37 heavy (non-hydrogen) atoms. The average Bonchev–Trinajstić information content (AvgIpc) is 3.57. The largest absolute Gasteiger partial charge is 0.467 e. The van der Waals surface area contributed by atoms with Gasteiger partial charge in [0.1, 0.15) is 5.76 Å². The second kappa shape index (κ2) is 9.99. The van der Waals surface area contributed by atoms with Gasteiger partial charge >= 0.3 is 0 Å². The van der Waals surface area contributed by atoms with E-state index in [9.17, 15) is 4.79 Å². The number of piperidine rings is 1. The van der Waals surface area contributed by atoms with Crippen molar-refractivity contribution in [3.8, 4) is 0 Å². The number of nitrogens with one attached hydrogen (secondary N) is 1. The predicted octanol–water partition coefficient (Wildman–Crippen LogP) is 4.64. The van der Waals surface area contributed by atoms with Crippen LogP contribution in [0.5, 0.6) is 0 Å². The van der Waals surface area contributed by atoms with E-state index in [0.717, 1.165) is 60.7 Å². The molecular formula is C28H30N6O2S. The molecule has 8 nitrogen and oxygen atoms in total. The summed E-state index contributed by atoms with van der Waals surface area (Å²) in [5.41, 5.74) is 2.93. The van der Waals surface area contributed by atoms with E-state index in [2.05, 4.69) is 20.9 Å². The highest BCUT2D eigenvalue weighted by atomic mass is 32.1. The van der Waals surface area contributed by atoms with Crippen LogP contribution in [0.1, 0.15) is 18.6 Å². The highest BCUT2D eigenvalue weighted by Gasteiger charge is 2.22. The molecular weight excluding hydrogens is 484 g/mol. The minimum Gasteiger partial charge on any atom is -0.467 e. The van der Waals surface area contributed by atoms with Crippen molar-refractivity contribution in [2.75, 3.05) is 25.0 Å². The number of benzene rings is 2. The smallest absolute Gasteiger partial charge is 0.262 e. The molecule has 0 amide bonds. The number of anilines is 1. The summed E-state index contributed by atoms with van der Waals surface area (Å²) in [6.07, 6.45) is 3.72. The van der Waals surface area contributed by atoms with Crippen LogP contribution in [0.4, 0.5) is 5.95 Å². The van der Waals surface area contributed by atoms with Crippen molar-refractivity contribution in [2.24, 2.45) is 7.05 Å². The topological polar surface area (TPSA) is 73.2 Å². The van der Waals surface area contributed by atoms with E-state index in [4.69, 9.17) is 21.6 Å². The van der Waals surface area contributed by atoms with Gasteiger partial charge in [-0.15, -0.1) is 0 Å². The van der Waals surface area contributed by atoms with Gasteiger partial charge in [0.05, 0.1) is 34.7 Å². The summed E-state index contributed by atoms with van der Waals surface area (Å²) >= 11 is 5.63. The molecule has 1 fully saturated rings. The molecule has 0 saturated carbocycles. The number of hydrogen-bond acceptors (Lipinski definition) is 6. The van der Waals surface area contributed by atoms with E-state index in [0.29, 0.717) is 29.3 Å². The summed E-state index contributed by atoms with van der Waals surface area (Å²) in [5.74, 6) is 1.78. The van der Waals surface area contributed by atoms with Crippen molar-refractivity contribution >= 4 is 40.1 Å². The molecule has 0 unspecified atom stereocenters. The number of rotatable bonds is 7. The number of imidazole rings is 1. The number of fused-ring (bicyclic) bond motifs is 2. The van der Waals surface area contributed by atoms with Crippen LogP contribution in [-0.2, 0) is 20.1 Å². The van der Waals surface area contributed by atoms with Crippen LogP contribution in [0, 0.1) is 4.77 Å². The molecule has 5 aromatic rings. The summed E-state index contributed by atoms with van der Waals surface area (Å²) in [6, 6.07) is 20.1. The van der Waals surface area contributed by atoms with E-state index in [-0.39, 0.29) is 5.56 Å². The van der Waals surface area contributed by atoms with E-state index in [1.807, 2.05) is 66.2 Å². The van der Waals surface area contributed by atoms with Crippen molar-refractivity contribution in [2.45, 2.75) is 32.0 Å².